The minimum absolute atomic E-state index is 0.258. The van der Waals surface area contributed by atoms with E-state index in [4.69, 9.17) is 10.7 Å². The smallest absolute Gasteiger partial charge is 0.155 e. The van der Waals surface area contributed by atoms with Gasteiger partial charge < -0.3 is 10.6 Å². The van der Waals surface area contributed by atoms with E-state index in [1.165, 1.54) is 6.07 Å². The number of nitrogens with two attached hydrogens (primary N) is 1. The van der Waals surface area contributed by atoms with Crippen molar-refractivity contribution in [3.8, 4) is 11.3 Å². The predicted molar refractivity (Wildman–Crippen MR) is 126 cm³/mol. The molecule has 7 nitrogen and oxygen atoms in total. The van der Waals surface area contributed by atoms with Crippen molar-refractivity contribution in [1.82, 2.24) is 24.4 Å². The first-order valence-electron chi connectivity index (χ1n) is 11.6. The molecule has 1 aliphatic carbocycles. The molecule has 4 heterocycles. The second-order valence-electron chi connectivity index (χ2n) is 9.72. The van der Waals surface area contributed by atoms with Gasteiger partial charge in [0.1, 0.15) is 17.2 Å². The molecule has 0 saturated carbocycles. The third-order valence-electron chi connectivity index (χ3n) is 7.97. The summed E-state index contributed by atoms with van der Waals surface area (Å²) in [6.07, 6.45) is 5.77. The molecule has 1 saturated heterocycles. The van der Waals surface area contributed by atoms with Gasteiger partial charge in [-0.3, -0.25) is 4.68 Å². The molecule has 6 rings (SSSR count). The summed E-state index contributed by atoms with van der Waals surface area (Å²) in [7, 11) is 1.92. The minimum Gasteiger partial charge on any atom is -0.355 e. The normalized spacial score (nSPS) is 19.4. The molecule has 34 heavy (non-hydrogen) atoms. The molecular weight excluding hydrogens is 436 g/mol. The summed E-state index contributed by atoms with van der Waals surface area (Å²) < 4.78 is 32.1. The maximum absolute atomic E-state index is 14.5. The molecule has 1 spiro atoms. The lowest BCUT2D eigenvalue weighted by atomic mass is 9.73. The standard InChI is InChI=1S/C25H27F2N7/c1-14-22(19-13-30-32(3)15(19)2)34-21(4-7-29-34)24(31-14)33-8-5-25(6-9-33)12-18-17(23(25)28)10-16(26)11-20(18)27/h4,7,10-11,13,23H,5-6,8-9,12,28H2,1-3H3/t23-/m1/s1. The second kappa shape index (κ2) is 7.33. The largest absolute Gasteiger partial charge is 0.355 e. The van der Waals surface area contributed by atoms with Crippen molar-refractivity contribution in [2.75, 3.05) is 18.0 Å². The summed E-state index contributed by atoms with van der Waals surface area (Å²) >= 11 is 0. The zero-order chi connectivity index (χ0) is 23.8. The highest BCUT2D eigenvalue weighted by atomic mass is 19.1. The van der Waals surface area contributed by atoms with Gasteiger partial charge in [-0.05, 0) is 61.8 Å². The molecule has 0 amide bonds. The van der Waals surface area contributed by atoms with Crippen LogP contribution in [0.25, 0.3) is 16.8 Å². The van der Waals surface area contributed by atoms with E-state index in [1.807, 2.05) is 42.4 Å². The number of piperidine rings is 1. The van der Waals surface area contributed by atoms with Gasteiger partial charge in [0.15, 0.2) is 5.82 Å². The number of nitrogens with zero attached hydrogens (tertiary/aromatic N) is 6. The highest BCUT2D eigenvalue weighted by molar-refractivity contribution is 5.76. The second-order valence-corrected chi connectivity index (χ2v) is 9.72. The zero-order valence-corrected chi connectivity index (χ0v) is 19.5. The third kappa shape index (κ3) is 2.92. The van der Waals surface area contributed by atoms with E-state index >= 15 is 0 Å². The van der Waals surface area contributed by atoms with Gasteiger partial charge in [0.25, 0.3) is 0 Å². The highest BCUT2D eigenvalue weighted by Gasteiger charge is 2.47. The maximum Gasteiger partial charge on any atom is 0.155 e. The van der Waals surface area contributed by atoms with Gasteiger partial charge >= 0.3 is 0 Å². The van der Waals surface area contributed by atoms with Gasteiger partial charge in [0, 0.05) is 43.5 Å². The molecule has 2 N–H and O–H groups in total. The number of hydrogen-bond acceptors (Lipinski definition) is 5. The summed E-state index contributed by atoms with van der Waals surface area (Å²) in [5, 5.41) is 8.99. The molecule has 0 bridgehead atoms. The highest BCUT2D eigenvalue weighted by Crippen LogP contribution is 2.52. The van der Waals surface area contributed by atoms with Crippen molar-refractivity contribution in [3.05, 3.63) is 64.7 Å². The minimum atomic E-state index is -0.562. The molecule has 176 valence electrons. The fraction of sp³-hybridized carbons (Fsp3) is 0.400. The average Bonchev–Trinajstić information content (AvgIpc) is 3.49. The van der Waals surface area contributed by atoms with E-state index in [0.717, 1.165) is 66.0 Å². The van der Waals surface area contributed by atoms with Crippen molar-refractivity contribution in [3.63, 3.8) is 0 Å². The molecule has 1 aliphatic heterocycles. The first-order valence-corrected chi connectivity index (χ1v) is 11.6. The van der Waals surface area contributed by atoms with Gasteiger partial charge in [-0.25, -0.2) is 18.3 Å². The first kappa shape index (κ1) is 21.2. The number of anilines is 1. The first-order chi connectivity index (χ1) is 16.3. The van der Waals surface area contributed by atoms with Gasteiger partial charge in [-0.2, -0.15) is 10.2 Å². The van der Waals surface area contributed by atoms with Crippen LogP contribution in [-0.2, 0) is 13.5 Å². The lowest BCUT2D eigenvalue weighted by Gasteiger charge is -2.42. The number of aryl methyl sites for hydroxylation is 2. The maximum atomic E-state index is 14.5. The molecule has 9 heteroatoms. The van der Waals surface area contributed by atoms with E-state index in [0.29, 0.717) is 17.5 Å². The Morgan fingerprint density at radius 3 is 2.59 bits per heavy atom. The fourth-order valence-electron chi connectivity index (χ4n) is 5.88. The van der Waals surface area contributed by atoms with Crippen LogP contribution in [-0.4, -0.2) is 37.5 Å². The Labute approximate surface area is 196 Å². The van der Waals surface area contributed by atoms with Crippen LogP contribution in [0.2, 0.25) is 0 Å². The van der Waals surface area contributed by atoms with Crippen molar-refractivity contribution in [1.29, 1.82) is 0 Å². The van der Waals surface area contributed by atoms with Crippen LogP contribution in [0, 0.1) is 30.9 Å². The van der Waals surface area contributed by atoms with Crippen molar-refractivity contribution in [2.24, 2.45) is 18.2 Å². The number of benzene rings is 1. The van der Waals surface area contributed by atoms with Crippen LogP contribution in [0.5, 0.6) is 0 Å². The van der Waals surface area contributed by atoms with Gasteiger partial charge in [-0.1, -0.05) is 0 Å². The lowest BCUT2D eigenvalue weighted by molar-refractivity contribution is 0.186. The average molecular weight is 464 g/mol. The summed E-state index contributed by atoms with van der Waals surface area (Å²) in [6.45, 7) is 5.51. The van der Waals surface area contributed by atoms with E-state index in [-0.39, 0.29) is 11.5 Å². The Balaban J connectivity index is 1.33. The van der Waals surface area contributed by atoms with E-state index < -0.39 is 11.6 Å². The molecule has 1 aromatic carbocycles. The number of halogens is 2. The Hall–Kier alpha value is -3.33. The Morgan fingerprint density at radius 1 is 1.12 bits per heavy atom. The molecule has 4 aromatic rings. The lowest BCUT2D eigenvalue weighted by Crippen LogP contribution is -2.44. The van der Waals surface area contributed by atoms with E-state index in [1.54, 1.807) is 6.20 Å². The van der Waals surface area contributed by atoms with Crippen LogP contribution < -0.4 is 10.6 Å². The van der Waals surface area contributed by atoms with Crippen molar-refractivity contribution in [2.45, 2.75) is 39.2 Å². The third-order valence-corrected chi connectivity index (χ3v) is 7.97. The summed E-state index contributed by atoms with van der Waals surface area (Å²) in [4.78, 5) is 7.28. The Bertz CT molecular complexity index is 1430. The summed E-state index contributed by atoms with van der Waals surface area (Å²) in [5.41, 5.74) is 12.3. The van der Waals surface area contributed by atoms with Crippen LogP contribution in [0.4, 0.5) is 14.6 Å². The van der Waals surface area contributed by atoms with Gasteiger partial charge in [0.2, 0.25) is 0 Å². The number of hydrogen-bond donors (Lipinski definition) is 1. The zero-order valence-electron chi connectivity index (χ0n) is 19.5. The van der Waals surface area contributed by atoms with Gasteiger partial charge in [0.05, 0.1) is 23.8 Å². The van der Waals surface area contributed by atoms with Crippen LogP contribution >= 0.6 is 0 Å². The fourth-order valence-corrected chi connectivity index (χ4v) is 5.88. The summed E-state index contributed by atoms with van der Waals surface area (Å²) in [6, 6.07) is 3.99. The van der Waals surface area contributed by atoms with Crippen molar-refractivity contribution < 1.29 is 8.78 Å². The predicted octanol–water partition coefficient (Wildman–Crippen LogP) is 3.87. The molecule has 3 aromatic heterocycles. The number of aromatic nitrogens is 5. The number of fused-ring (bicyclic) bond motifs is 2. The van der Waals surface area contributed by atoms with Crippen LogP contribution in [0.3, 0.4) is 0 Å². The van der Waals surface area contributed by atoms with Gasteiger partial charge in [-0.15, -0.1) is 0 Å². The van der Waals surface area contributed by atoms with Crippen LogP contribution in [0.15, 0.2) is 30.6 Å². The SMILES string of the molecule is Cc1nc(N2CCC3(CC2)Cc2c(F)cc(F)cc2[C@H]3N)c2ccnn2c1-c1cnn(C)c1C. The Morgan fingerprint density at radius 2 is 1.88 bits per heavy atom. The molecule has 0 radical (unpaired) electrons. The summed E-state index contributed by atoms with van der Waals surface area (Å²) in [5.74, 6) is -0.159. The van der Waals surface area contributed by atoms with Crippen molar-refractivity contribution >= 4 is 11.3 Å². The van der Waals surface area contributed by atoms with E-state index in [2.05, 4.69) is 15.1 Å². The van der Waals surface area contributed by atoms with E-state index in [9.17, 15) is 8.78 Å². The molecule has 1 atom stereocenters. The Kier molecular flexibility index (Phi) is 4.58. The molecule has 2 aliphatic rings. The molecule has 1 fully saturated rings. The number of rotatable bonds is 2. The topological polar surface area (TPSA) is 77.3 Å². The molecule has 0 unspecified atom stereocenters. The molecular formula is C25H27F2N7. The van der Waals surface area contributed by atoms with Crippen LogP contribution in [0.1, 0.15) is 41.4 Å². The quantitative estimate of drug-likeness (QED) is 0.488. The monoisotopic (exact) mass is 463 g/mol.